The van der Waals surface area contributed by atoms with Crippen molar-refractivity contribution >= 4 is 35.1 Å². The highest BCUT2D eigenvalue weighted by Crippen LogP contribution is 2.65. The number of amides is 3. The summed E-state index contributed by atoms with van der Waals surface area (Å²) in [5, 5.41) is 0. The standard InChI is InChI=1S/C29H26N2O6/c1-36-23-5-3-2-4-22(23)30-14-15(12-24(30)32)29(35)37-17-8-6-16(7-9-17)31-27(33)25-18-10-11-19(21-13-20(18)21)26(25)28(31)34/h2-11,15,18-21,25-26H,12-14H2,1H3/t15-,18+,19+,20+,21+,25-,26+/m1/s1. The summed E-state index contributed by atoms with van der Waals surface area (Å²) < 4.78 is 10.9. The Balaban J connectivity index is 1.04. The molecule has 2 aliphatic heterocycles. The van der Waals surface area contributed by atoms with Gasteiger partial charge in [0.05, 0.1) is 36.2 Å². The summed E-state index contributed by atoms with van der Waals surface area (Å²) in [6.07, 6.45) is 5.48. The fraction of sp³-hybridized carbons (Fsp3) is 0.379. The number of esters is 1. The Labute approximate surface area is 213 Å². The van der Waals surface area contributed by atoms with Crippen LogP contribution in [-0.4, -0.2) is 37.3 Å². The van der Waals surface area contributed by atoms with Crippen molar-refractivity contribution in [3.05, 3.63) is 60.7 Å². The molecule has 8 heteroatoms. The third kappa shape index (κ3) is 3.27. The topological polar surface area (TPSA) is 93.2 Å². The van der Waals surface area contributed by atoms with E-state index in [1.54, 1.807) is 41.3 Å². The molecule has 3 amide bonds. The molecule has 2 saturated heterocycles. The molecule has 2 saturated carbocycles. The average molecular weight is 499 g/mol. The smallest absolute Gasteiger partial charge is 0.316 e. The first kappa shape index (κ1) is 22.3. The summed E-state index contributed by atoms with van der Waals surface area (Å²) in [6, 6.07) is 13.7. The molecule has 0 N–H and O–H groups in total. The highest BCUT2D eigenvalue weighted by Gasteiger charge is 2.67. The molecule has 4 aliphatic carbocycles. The molecule has 8 nitrogen and oxygen atoms in total. The predicted octanol–water partition coefficient (Wildman–Crippen LogP) is 3.21. The zero-order valence-electron chi connectivity index (χ0n) is 20.3. The quantitative estimate of drug-likeness (QED) is 0.272. The highest BCUT2D eigenvalue weighted by molar-refractivity contribution is 6.22. The number of anilines is 2. The number of rotatable bonds is 5. The third-order valence-corrected chi connectivity index (χ3v) is 8.81. The molecule has 37 heavy (non-hydrogen) atoms. The van der Waals surface area contributed by atoms with E-state index in [1.807, 2.05) is 12.1 Å². The van der Waals surface area contributed by atoms with Crippen molar-refractivity contribution in [2.75, 3.05) is 23.5 Å². The molecule has 7 atom stereocenters. The molecule has 0 radical (unpaired) electrons. The summed E-state index contributed by atoms with van der Waals surface area (Å²) in [4.78, 5) is 55.0. The Morgan fingerprint density at radius 2 is 1.54 bits per heavy atom. The molecule has 8 rings (SSSR count). The number of ether oxygens (including phenoxy) is 2. The van der Waals surface area contributed by atoms with Crippen LogP contribution in [0, 0.1) is 41.4 Å². The van der Waals surface area contributed by atoms with Gasteiger partial charge in [-0.1, -0.05) is 24.3 Å². The van der Waals surface area contributed by atoms with Crippen LogP contribution in [0.1, 0.15) is 12.8 Å². The summed E-state index contributed by atoms with van der Waals surface area (Å²) in [5.74, 6) is 0.278. The minimum absolute atomic E-state index is 0.0485. The number of allylic oxidation sites excluding steroid dienone is 2. The van der Waals surface area contributed by atoms with Gasteiger partial charge in [0, 0.05) is 13.0 Å². The van der Waals surface area contributed by atoms with Crippen LogP contribution in [0.2, 0.25) is 0 Å². The average Bonchev–Trinajstić information content (AvgIpc) is 3.59. The largest absolute Gasteiger partial charge is 0.495 e. The number of hydrogen-bond donors (Lipinski definition) is 0. The van der Waals surface area contributed by atoms with Gasteiger partial charge < -0.3 is 14.4 Å². The number of carbonyl (C=O) groups is 4. The molecule has 0 aromatic heterocycles. The van der Waals surface area contributed by atoms with Crippen molar-refractivity contribution < 1.29 is 28.7 Å². The Morgan fingerprint density at radius 1 is 0.892 bits per heavy atom. The van der Waals surface area contributed by atoms with Gasteiger partial charge in [0.1, 0.15) is 11.5 Å². The van der Waals surface area contributed by atoms with Gasteiger partial charge in [-0.2, -0.15) is 0 Å². The Kier molecular flexibility index (Phi) is 4.83. The second kappa shape index (κ2) is 8.03. The third-order valence-electron chi connectivity index (χ3n) is 8.81. The van der Waals surface area contributed by atoms with Crippen LogP contribution >= 0.6 is 0 Å². The lowest BCUT2D eigenvalue weighted by Gasteiger charge is -2.37. The number of carbonyl (C=O) groups excluding carboxylic acids is 4. The fourth-order valence-corrected chi connectivity index (χ4v) is 7.03. The van der Waals surface area contributed by atoms with Gasteiger partial charge in [-0.05, 0) is 66.5 Å². The van der Waals surface area contributed by atoms with E-state index in [0.717, 1.165) is 6.42 Å². The van der Waals surface area contributed by atoms with E-state index in [1.165, 1.54) is 12.0 Å². The van der Waals surface area contributed by atoms with Crippen LogP contribution in [0.15, 0.2) is 60.7 Å². The lowest BCUT2D eigenvalue weighted by molar-refractivity contribution is -0.139. The molecule has 2 heterocycles. The van der Waals surface area contributed by atoms with E-state index in [4.69, 9.17) is 9.47 Å². The van der Waals surface area contributed by atoms with Crippen molar-refractivity contribution in [3.8, 4) is 11.5 Å². The summed E-state index contributed by atoms with van der Waals surface area (Å²) in [6.45, 7) is 0.202. The highest BCUT2D eigenvalue weighted by atomic mass is 16.5. The number of benzene rings is 2. The van der Waals surface area contributed by atoms with E-state index in [9.17, 15) is 19.2 Å². The first-order valence-corrected chi connectivity index (χ1v) is 12.8. The molecular weight excluding hydrogens is 472 g/mol. The van der Waals surface area contributed by atoms with Gasteiger partial charge in [0.25, 0.3) is 0 Å². The Hall–Kier alpha value is -3.94. The van der Waals surface area contributed by atoms with Crippen LogP contribution in [-0.2, 0) is 19.2 Å². The summed E-state index contributed by atoms with van der Waals surface area (Å²) in [5.41, 5.74) is 1.12. The molecule has 4 fully saturated rings. The molecule has 188 valence electrons. The monoisotopic (exact) mass is 498 g/mol. The molecule has 2 aromatic carbocycles. The van der Waals surface area contributed by atoms with Gasteiger partial charge in [-0.15, -0.1) is 0 Å². The number of hydrogen-bond acceptors (Lipinski definition) is 6. The molecule has 6 aliphatic rings. The first-order chi connectivity index (χ1) is 18.0. The number of imide groups is 1. The molecule has 0 unspecified atom stereocenters. The number of methoxy groups -OCH3 is 1. The van der Waals surface area contributed by atoms with Crippen molar-refractivity contribution in [1.82, 2.24) is 0 Å². The normalized spacial score (nSPS) is 33.0. The van der Waals surface area contributed by atoms with Crippen molar-refractivity contribution in [1.29, 1.82) is 0 Å². The van der Waals surface area contributed by atoms with Gasteiger partial charge in [-0.25, -0.2) is 0 Å². The van der Waals surface area contributed by atoms with Crippen molar-refractivity contribution in [2.45, 2.75) is 12.8 Å². The van der Waals surface area contributed by atoms with E-state index < -0.39 is 11.9 Å². The van der Waals surface area contributed by atoms with Gasteiger partial charge in [0.15, 0.2) is 0 Å². The summed E-state index contributed by atoms with van der Waals surface area (Å²) >= 11 is 0. The maximum absolute atomic E-state index is 13.3. The predicted molar refractivity (Wildman–Crippen MR) is 133 cm³/mol. The van der Waals surface area contributed by atoms with Gasteiger partial charge in [-0.3, -0.25) is 24.1 Å². The van der Waals surface area contributed by atoms with Crippen LogP contribution in [0.4, 0.5) is 11.4 Å². The van der Waals surface area contributed by atoms with Gasteiger partial charge in [0.2, 0.25) is 17.7 Å². The van der Waals surface area contributed by atoms with Crippen LogP contribution in [0.5, 0.6) is 11.5 Å². The lowest BCUT2D eigenvalue weighted by Crippen LogP contribution is -2.40. The van der Waals surface area contributed by atoms with Crippen molar-refractivity contribution in [2.24, 2.45) is 41.4 Å². The number of para-hydroxylation sites is 2. The van der Waals surface area contributed by atoms with Crippen LogP contribution in [0.3, 0.4) is 0 Å². The lowest BCUT2D eigenvalue weighted by atomic mass is 9.63. The number of nitrogens with zero attached hydrogens (tertiary/aromatic N) is 2. The van der Waals surface area contributed by atoms with E-state index in [-0.39, 0.29) is 54.4 Å². The van der Waals surface area contributed by atoms with Gasteiger partial charge >= 0.3 is 5.97 Å². The zero-order valence-corrected chi connectivity index (χ0v) is 20.3. The van der Waals surface area contributed by atoms with Crippen LogP contribution in [0.25, 0.3) is 0 Å². The maximum Gasteiger partial charge on any atom is 0.316 e. The molecule has 2 bridgehead atoms. The maximum atomic E-state index is 13.3. The second-order valence-electron chi connectivity index (χ2n) is 10.7. The Morgan fingerprint density at radius 3 is 2.19 bits per heavy atom. The Bertz CT molecular complexity index is 1330. The fourth-order valence-electron chi connectivity index (χ4n) is 7.03. The van der Waals surface area contributed by atoms with E-state index >= 15 is 0 Å². The van der Waals surface area contributed by atoms with E-state index in [0.29, 0.717) is 34.7 Å². The zero-order chi connectivity index (χ0) is 25.4. The minimum atomic E-state index is -0.614. The molecule has 2 aromatic rings. The van der Waals surface area contributed by atoms with E-state index in [2.05, 4.69) is 12.2 Å². The molecular formula is C29H26N2O6. The SMILES string of the molecule is COc1ccccc1N1C[C@H](C(=O)Oc2ccc(N3C(=O)[C@@H]4[C@H]5C=C[C@@H]([C@@H]6C[C@@H]56)[C@@H]4C3=O)cc2)CC1=O. The summed E-state index contributed by atoms with van der Waals surface area (Å²) in [7, 11) is 1.54. The minimum Gasteiger partial charge on any atom is -0.495 e. The van der Waals surface area contributed by atoms with Crippen LogP contribution < -0.4 is 19.3 Å². The second-order valence-corrected chi connectivity index (χ2v) is 10.7. The first-order valence-electron chi connectivity index (χ1n) is 12.8. The van der Waals surface area contributed by atoms with Crippen molar-refractivity contribution in [3.63, 3.8) is 0 Å². The molecule has 0 spiro atoms.